The number of halogens is 7. The smallest absolute Gasteiger partial charge is 0.286 e. The van der Waals surface area contributed by atoms with Crippen molar-refractivity contribution in [1.82, 2.24) is 14.8 Å². The molecule has 2 aromatic carbocycles. The van der Waals surface area contributed by atoms with E-state index in [1.807, 2.05) is 6.07 Å². The van der Waals surface area contributed by atoms with Gasteiger partial charge in [-0.15, -0.1) is 11.6 Å². The van der Waals surface area contributed by atoms with E-state index < -0.39 is 23.5 Å². The Labute approximate surface area is 200 Å². The zero-order valence-corrected chi connectivity index (χ0v) is 18.7. The fourth-order valence-corrected chi connectivity index (χ4v) is 4.72. The lowest BCUT2D eigenvalue weighted by Crippen LogP contribution is -2.51. The van der Waals surface area contributed by atoms with Gasteiger partial charge in [-0.05, 0) is 35.4 Å². The molecule has 5 nitrogen and oxygen atoms in total. The van der Waals surface area contributed by atoms with Crippen LogP contribution in [0.25, 0.3) is 5.69 Å². The van der Waals surface area contributed by atoms with Crippen molar-refractivity contribution >= 4 is 52.1 Å². The van der Waals surface area contributed by atoms with Crippen LogP contribution in [-0.2, 0) is 5.41 Å². The molecule has 0 amide bonds. The van der Waals surface area contributed by atoms with Crippen LogP contribution in [0.5, 0.6) is 0 Å². The maximum Gasteiger partial charge on any atom is 0.402 e. The average molecular weight is 519 g/mol. The van der Waals surface area contributed by atoms with Crippen molar-refractivity contribution in [1.29, 1.82) is 5.26 Å². The summed E-state index contributed by atoms with van der Waals surface area (Å²) in [4.78, 5) is 7.96. The normalized spacial score (nSPS) is 20.8. The molecule has 0 radical (unpaired) electrons. The van der Waals surface area contributed by atoms with Gasteiger partial charge >= 0.3 is 6.18 Å². The Morgan fingerprint density at radius 1 is 1.12 bits per heavy atom. The molecule has 1 aliphatic heterocycles. The maximum absolute atomic E-state index is 14.5. The summed E-state index contributed by atoms with van der Waals surface area (Å²) in [5.74, 6) is 0. The number of hydrogen-bond acceptors (Lipinski definition) is 4. The summed E-state index contributed by atoms with van der Waals surface area (Å²) in [6, 6.07) is 8.70. The maximum atomic E-state index is 14.5. The highest BCUT2D eigenvalue weighted by atomic mass is 35.5. The summed E-state index contributed by atoms with van der Waals surface area (Å²) < 4.78 is 44.7. The Hall–Kier alpha value is -2.31. The van der Waals surface area contributed by atoms with Gasteiger partial charge in [0.2, 0.25) is 0 Å². The Kier molecular flexibility index (Phi) is 5.88. The Morgan fingerprint density at radius 3 is 2.38 bits per heavy atom. The van der Waals surface area contributed by atoms with Crippen LogP contribution in [0.15, 0.2) is 48.0 Å². The first kappa shape index (κ1) is 22.9. The van der Waals surface area contributed by atoms with Crippen molar-refractivity contribution < 1.29 is 13.2 Å². The van der Waals surface area contributed by atoms with Crippen LogP contribution in [0.3, 0.4) is 0 Å². The molecule has 0 aliphatic carbocycles. The van der Waals surface area contributed by atoms with E-state index >= 15 is 0 Å². The number of alkyl halides is 4. The number of aromatic nitrogens is 3. The van der Waals surface area contributed by atoms with Crippen molar-refractivity contribution in [2.24, 2.45) is 4.99 Å². The van der Waals surface area contributed by atoms with Crippen LogP contribution in [0.4, 0.5) is 13.2 Å². The molecular weight excluding hydrogens is 509 g/mol. The van der Waals surface area contributed by atoms with Gasteiger partial charge in [0.15, 0.2) is 0 Å². The van der Waals surface area contributed by atoms with Gasteiger partial charge < -0.3 is 0 Å². The molecule has 0 N–H and O–H groups in total. The van der Waals surface area contributed by atoms with Crippen LogP contribution in [0.1, 0.15) is 16.7 Å². The molecule has 4 rings (SSSR count). The molecule has 12 heteroatoms. The molecule has 1 aromatic heterocycles. The molecule has 2 atom stereocenters. The molecule has 1 aliphatic rings. The van der Waals surface area contributed by atoms with E-state index in [1.165, 1.54) is 35.5 Å². The summed E-state index contributed by atoms with van der Waals surface area (Å²) in [5.41, 5.74) is -1.98. The summed E-state index contributed by atoms with van der Waals surface area (Å²) in [7, 11) is 0. The van der Waals surface area contributed by atoms with Crippen LogP contribution in [-0.4, -0.2) is 38.6 Å². The molecule has 2 heterocycles. The zero-order valence-electron chi connectivity index (χ0n) is 15.7. The van der Waals surface area contributed by atoms with Crippen molar-refractivity contribution in [3.63, 3.8) is 0 Å². The van der Waals surface area contributed by atoms with E-state index in [-0.39, 0.29) is 37.5 Å². The number of hydrogen-bond donors (Lipinski definition) is 0. The van der Waals surface area contributed by atoms with Gasteiger partial charge in [-0.1, -0.05) is 40.9 Å². The molecule has 0 spiro atoms. The van der Waals surface area contributed by atoms with Gasteiger partial charge in [0.05, 0.1) is 44.0 Å². The number of nitriles is 1. The van der Waals surface area contributed by atoms with E-state index in [4.69, 9.17) is 46.4 Å². The van der Waals surface area contributed by atoms with Gasteiger partial charge in [-0.2, -0.15) is 23.5 Å². The fourth-order valence-electron chi connectivity index (χ4n) is 3.61. The summed E-state index contributed by atoms with van der Waals surface area (Å²) in [5, 5.41) is 11.6. The first-order chi connectivity index (χ1) is 15.1. The minimum Gasteiger partial charge on any atom is -0.286 e. The van der Waals surface area contributed by atoms with Crippen LogP contribution < -0.4 is 0 Å². The quantitative estimate of drug-likeness (QED) is 0.315. The van der Waals surface area contributed by atoms with E-state index in [0.29, 0.717) is 5.69 Å². The third-order valence-corrected chi connectivity index (χ3v) is 7.03. The van der Waals surface area contributed by atoms with E-state index in [2.05, 4.69) is 15.1 Å². The second-order valence-electron chi connectivity index (χ2n) is 6.97. The molecule has 164 valence electrons. The highest BCUT2D eigenvalue weighted by molar-refractivity contribution is 6.48. The minimum atomic E-state index is -4.79. The summed E-state index contributed by atoms with van der Waals surface area (Å²) >= 11 is 24.4. The highest BCUT2D eigenvalue weighted by Crippen LogP contribution is 2.51. The molecule has 3 aromatic rings. The summed E-state index contributed by atoms with van der Waals surface area (Å²) in [6.07, 6.45) is -2.09. The number of benzene rings is 2. The van der Waals surface area contributed by atoms with Crippen LogP contribution >= 0.6 is 46.4 Å². The van der Waals surface area contributed by atoms with Gasteiger partial charge in [-0.3, -0.25) is 4.99 Å². The van der Waals surface area contributed by atoms with Gasteiger partial charge in [0.1, 0.15) is 24.1 Å². The molecule has 0 bridgehead atoms. The lowest BCUT2D eigenvalue weighted by molar-refractivity contribution is -0.182. The molecule has 32 heavy (non-hydrogen) atoms. The second kappa shape index (κ2) is 8.23. The van der Waals surface area contributed by atoms with Crippen molar-refractivity contribution in [2.45, 2.75) is 17.0 Å². The SMILES string of the molecule is N#Cc1cc(C2=NCC(c3cc(Cl)c(Cl)c(Cl)c3)(C(F)(F)F)C2Cl)ccc1-n1cncn1. The van der Waals surface area contributed by atoms with E-state index in [1.54, 1.807) is 0 Å². The van der Waals surface area contributed by atoms with Crippen LogP contribution in [0, 0.1) is 11.3 Å². The Bertz CT molecular complexity index is 1240. The Morgan fingerprint density at radius 2 is 1.81 bits per heavy atom. The first-order valence-corrected chi connectivity index (χ1v) is 10.5. The second-order valence-corrected chi connectivity index (χ2v) is 8.60. The topological polar surface area (TPSA) is 66.9 Å². The average Bonchev–Trinajstić information content (AvgIpc) is 3.39. The third kappa shape index (κ3) is 3.54. The molecule has 0 saturated heterocycles. The highest BCUT2D eigenvalue weighted by Gasteiger charge is 2.64. The number of aliphatic imine (C=N–C) groups is 1. The standard InChI is InChI=1S/C20H10Cl4F3N5/c21-13-4-12(5-14(22)16(13)23)19(20(25,26)27)7-30-17(18(19)24)10-1-2-15(11(3-10)6-28)32-9-29-8-31-32/h1-5,8-9,18H,7H2. The molecule has 2 unspecified atom stereocenters. The minimum absolute atomic E-state index is 0.00664. The van der Waals surface area contributed by atoms with Gasteiger partial charge in [-0.25, -0.2) is 9.67 Å². The Balaban J connectivity index is 1.81. The monoisotopic (exact) mass is 517 g/mol. The largest absolute Gasteiger partial charge is 0.402 e. The van der Waals surface area contributed by atoms with Crippen molar-refractivity contribution in [3.05, 3.63) is 74.7 Å². The van der Waals surface area contributed by atoms with E-state index in [9.17, 15) is 18.4 Å². The van der Waals surface area contributed by atoms with Gasteiger partial charge in [0.25, 0.3) is 0 Å². The molecule has 0 fully saturated rings. The van der Waals surface area contributed by atoms with E-state index in [0.717, 1.165) is 12.1 Å². The molecule has 0 saturated carbocycles. The third-order valence-electron chi connectivity index (χ3n) is 5.25. The predicted molar refractivity (Wildman–Crippen MR) is 116 cm³/mol. The zero-order chi connectivity index (χ0) is 23.3. The van der Waals surface area contributed by atoms with Gasteiger partial charge in [0, 0.05) is 0 Å². The summed E-state index contributed by atoms with van der Waals surface area (Å²) in [6.45, 7) is -0.680. The predicted octanol–water partition coefficient (Wildman–Crippen LogP) is 6.01. The van der Waals surface area contributed by atoms with Crippen molar-refractivity contribution in [3.8, 4) is 11.8 Å². The first-order valence-electron chi connectivity index (χ1n) is 8.90. The molecular formula is C20H10Cl4F3N5. The van der Waals surface area contributed by atoms with Crippen LogP contribution in [0.2, 0.25) is 15.1 Å². The lowest BCUT2D eigenvalue weighted by Gasteiger charge is -2.35. The number of rotatable bonds is 3. The fraction of sp³-hybridized carbons (Fsp3) is 0.200. The lowest BCUT2D eigenvalue weighted by atomic mass is 9.76. The number of nitrogens with zero attached hydrogens (tertiary/aromatic N) is 5. The van der Waals surface area contributed by atoms with Crippen molar-refractivity contribution in [2.75, 3.05) is 6.54 Å².